The fraction of sp³-hybridized carbons (Fsp3) is 0.513. The van der Waals surface area contributed by atoms with E-state index in [1.807, 2.05) is 6.92 Å². The highest BCUT2D eigenvalue weighted by Crippen LogP contribution is 2.40. The van der Waals surface area contributed by atoms with E-state index in [0.29, 0.717) is 19.4 Å². The van der Waals surface area contributed by atoms with Crippen molar-refractivity contribution in [3.63, 3.8) is 0 Å². The Morgan fingerprint density at radius 1 is 0.778 bits per heavy atom. The van der Waals surface area contributed by atoms with Gasteiger partial charge in [0, 0.05) is 6.04 Å². The minimum atomic E-state index is -2.22. The average Bonchev–Trinajstić information content (AvgIpc) is 3.53. The third kappa shape index (κ3) is 11.6. The van der Waals surface area contributed by atoms with E-state index in [0.717, 1.165) is 43.2 Å². The Labute approximate surface area is 313 Å². The van der Waals surface area contributed by atoms with Crippen LogP contribution in [0.3, 0.4) is 0 Å². The molecular formula is C39H50N2O13. The summed E-state index contributed by atoms with van der Waals surface area (Å²) in [6.07, 6.45) is 1.43. The first-order chi connectivity index (χ1) is 25.6. The second-order valence-electron chi connectivity index (χ2n) is 13.5. The Balaban J connectivity index is 0.000000291. The summed E-state index contributed by atoms with van der Waals surface area (Å²) in [5.74, 6) is -6.87. The van der Waals surface area contributed by atoms with Gasteiger partial charge in [0.15, 0.2) is 0 Å². The number of carboxylic acids is 3. The van der Waals surface area contributed by atoms with E-state index < -0.39 is 60.2 Å². The van der Waals surface area contributed by atoms with Crippen LogP contribution in [-0.2, 0) is 38.2 Å². The number of aryl methyl sites for hydroxylation is 2. The number of hydrogen-bond acceptors (Lipinski definition) is 11. The zero-order valence-corrected chi connectivity index (χ0v) is 31.2. The van der Waals surface area contributed by atoms with Gasteiger partial charge in [-0.25, -0.2) is 24.0 Å². The lowest BCUT2D eigenvalue weighted by Crippen LogP contribution is -2.55. The normalized spacial score (nSPS) is 19.7. The molecule has 54 heavy (non-hydrogen) atoms. The third-order valence-electron chi connectivity index (χ3n) is 9.40. The van der Waals surface area contributed by atoms with Gasteiger partial charge in [-0.05, 0) is 83.6 Å². The van der Waals surface area contributed by atoms with Gasteiger partial charge in [-0.2, -0.15) is 0 Å². The largest absolute Gasteiger partial charge is 0.480 e. The lowest BCUT2D eigenvalue weighted by molar-refractivity contribution is -0.166. The summed E-state index contributed by atoms with van der Waals surface area (Å²) in [4.78, 5) is 85.8. The first kappa shape index (κ1) is 43.1. The van der Waals surface area contributed by atoms with Crippen molar-refractivity contribution in [2.75, 3.05) is 6.61 Å². The summed E-state index contributed by atoms with van der Waals surface area (Å²) in [5.41, 5.74) is 1.79. The maximum atomic E-state index is 13.1. The first-order valence-electron chi connectivity index (χ1n) is 18.1. The number of nitrogens with one attached hydrogen (secondary N) is 1. The maximum absolute atomic E-state index is 13.1. The van der Waals surface area contributed by atoms with Gasteiger partial charge in [-0.3, -0.25) is 14.9 Å². The molecule has 2 fully saturated rings. The number of amides is 1. The molecule has 1 aliphatic carbocycles. The number of ether oxygens (including phenoxy) is 3. The van der Waals surface area contributed by atoms with Crippen LogP contribution in [0.2, 0.25) is 0 Å². The molecule has 2 aromatic rings. The summed E-state index contributed by atoms with van der Waals surface area (Å²) in [6.45, 7) is 9.30. The highest BCUT2D eigenvalue weighted by Gasteiger charge is 2.48. The van der Waals surface area contributed by atoms with Crippen LogP contribution in [0.1, 0.15) is 97.6 Å². The summed E-state index contributed by atoms with van der Waals surface area (Å²) >= 11 is 0. The predicted molar refractivity (Wildman–Crippen MR) is 193 cm³/mol. The second-order valence-corrected chi connectivity index (χ2v) is 13.5. The molecule has 2 aromatic carbocycles. The number of fused-ring (bicyclic) bond motifs is 1. The van der Waals surface area contributed by atoms with Gasteiger partial charge >= 0.3 is 35.8 Å². The molecular weight excluding hydrogens is 704 g/mol. The molecule has 15 heteroatoms. The standard InChI is InChI=1S/C20H18O8.C19H32N2O5/c1-11-3-7-13(8-4-11)19(25)27-15(17(21)22)16(18(23)24)28-20(26)14-9-5-12(2)6-10-14;1-4-8-14(19(25)26-5-2)20-12(3)17(22)21-15-10-7-6-9-13(15)11-16(21)18(23)24/h3-10,15-16H,1-2H3,(H,21,22)(H,23,24);12-16,20H,4-11H2,1-3H3,(H,23,24)/t15-,16-;12-,13-,14+,15-,16-/m01/s1. The van der Waals surface area contributed by atoms with Crippen molar-refractivity contribution in [3.8, 4) is 0 Å². The van der Waals surface area contributed by atoms with Crippen LogP contribution in [-0.4, -0.2) is 105 Å². The van der Waals surface area contributed by atoms with E-state index in [1.165, 1.54) is 24.3 Å². The summed E-state index contributed by atoms with van der Waals surface area (Å²) in [6, 6.07) is 10.1. The molecule has 1 saturated heterocycles. The highest BCUT2D eigenvalue weighted by molar-refractivity contribution is 5.95. The van der Waals surface area contributed by atoms with Crippen LogP contribution in [0, 0.1) is 19.8 Å². The molecule has 294 valence electrons. The topological polar surface area (TPSA) is 223 Å². The summed E-state index contributed by atoms with van der Waals surface area (Å²) in [5, 5.41) is 31.3. The van der Waals surface area contributed by atoms with Crippen molar-refractivity contribution in [2.24, 2.45) is 5.92 Å². The quantitative estimate of drug-likeness (QED) is 0.148. The van der Waals surface area contributed by atoms with Crippen molar-refractivity contribution < 1.29 is 63.1 Å². The number of benzene rings is 2. The molecule has 1 heterocycles. The van der Waals surface area contributed by atoms with Crippen molar-refractivity contribution in [1.82, 2.24) is 10.2 Å². The van der Waals surface area contributed by atoms with Gasteiger partial charge in [-0.15, -0.1) is 0 Å². The molecule has 0 unspecified atom stereocenters. The number of esters is 3. The number of rotatable bonds is 15. The van der Waals surface area contributed by atoms with Crippen molar-refractivity contribution >= 4 is 41.7 Å². The van der Waals surface area contributed by atoms with Gasteiger partial charge in [0.1, 0.15) is 12.1 Å². The van der Waals surface area contributed by atoms with Crippen molar-refractivity contribution in [1.29, 1.82) is 0 Å². The molecule has 4 rings (SSSR count). The Hall–Kier alpha value is -5.31. The van der Waals surface area contributed by atoms with E-state index >= 15 is 0 Å². The molecule has 0 radical (unpaired) electrons. The maximum Gasteiger partial charge on any atom is 0.349 e. The molecule has 0 aromatic heterocycles. The average molecular weight is 755 g/mol. The fourth-order valence-corrected chi connectivity index (χ4v) is 6.62. The van der Waals surface area contributed by atoms with Gasteiger partial charge < -0.3 is 34.4 Å². The van der Waals surface area contributed by atoms with Gasteiger partial charge in [0.05, 0.1) is 23.8 Å². The molecule has 7 atom stereocenters. The Morgan fingerprint density at radius 2 is 1.26 bits per heavy atom. The lowest BCUT2D eigenvalue weighted by Gasteiger charge is -2.35. The number of likely N-dealkylation sites (tertiary alicyclic amines) is 1. The first-order valence-corrected chi connectivity index (χ1v) is 18.1. The molecule has 0 bridgehead atoms. The van der Waals surface area contributed by atoms with E-state index in [-0.39, 0.29) is 35.0 Å². The Kier molecular flexibility index (Phi) is 16.1. The molecule has 15 nitrogen and oxygen atoms in total. The van der Waals surface area contributed by atoms with Crippen LogP contribution in [0.25, 0.3) is 0 Å². The molecule has 2 aliphatic rings. The van der Waals surface area contributed by atoms with E-state index in [9.17, 15) is 48.9 Å². The van der Waals surface area contributed by atoms with Gasteiger partial charge in [0.2, 0.25) is 18.1 Å². The summed E-state index contributed by atoms with van der Waals surface area (Å²) < 4.78 is 14.7. The number of aliphatic carboxylic acids is 3. The van der Waals surface area contributed by atoms with Crippen molar-refractivity contribution in [3.05, 3.63) is 70.8 Å². The fourth-order valence-electron chi connectivity index (χ4n) is 6.62. The van der Waals surface area contributed by atoms with Crippen LogP contribution in [0.4, 0.5) is 0 Å². The third-order valence-corrected chi connectivity index (χ3v) is 9.40. The van der Waals surface area contributed by atoms with Crippen LogP contribution >= 0.6 is 0 Å². The molecule has 4 N–H and O–H groups in total. The Morgan fingerprint density at radius 3 is 1.69 bits per heavy atom. The van der Waals surface area contributed by atoms with Crippen molar-refractivity contribution in [2.45, 2.75) is 116 Å². The predicted octanol–water partition coefficient (Wildman–Crippen LogP) is 4.16. The molecule has 1 saturated carbocycles. The van der Waals surface area contributed by atoms with E-state index in [2.05, 4.69) is 5.32 Å². The second kappa shape index (κ2) is 20.2. The monoisotopic (exact) mass is 754 g/mol. The Bertz CT molecular complexity index is 1570. The SMILES string of the molecule is CCC[C@H](N[C@H](C)C(=O)N1[C@@H](C(=O)O)C[C@H]2CCCC[C@H]21)C(=O)OCC.Cc1ccc(C(=O)O[C@H](C(=O)O)[C@H](OC(=O)c2ccc(C)cc2)C(=O)O)cc1. The van der Waals surface area contributed by atoms with Crippen LogP contribution in [0.15, 0.2) is 48.5 Å². The molecule has 1 aliphatic heterocycles. The van der Waals surface area contributed by atoms with E-state index in [4.69, 9.17) is 14.2 Å². The number of carboxylic acid groups (broad SMARTS) is 3. The molecule has 0 spiro atoms. The lowest BCUT2D eigenvalue weighted by atomic mass is 9.84. The zero-order chi connectivity index (χ0) is 40.1. The van der Waals surface area contributed by atoms with Gasteiger partial charge in [-0.1, -0.05) is 61.6 Å². The number of carbonyl (C=O) groups is 7. The zero-order valence-electron chi connectivity index (χ0n) is 31.2. The van der Waals surface area contributed by atoms with E-state index in [1.54, 1.807) is 56.9 Å². The molecule has 1 amide bonds. The summed E-state index contributed by atoms with van der Waals surface area (Å²) in [7, 11) is 0. The highest BCUT2D eigenvalue weighted by atomic mass is 16.6. The minimum absolute atomic E-state index is 0.00817. The van der Waals surface area contributed by atoms with Gasteiger partial charge in [0.25, 0.3) is 0 Å². The van der Waals surface area contributed by atoms with Crippen LogP contribution < -0.4 is 5.32 Å². The smallest absolute Gasteiger partial charge is 0.349 e. The van der Waals surface area contributed by atoms with Crippen LogP contribution in [0.5, 0.6) is 0 Å². The number of carbonyl (C=O) groups excluding carboxylic acids is 4. The number of hydrogen-bond donors (Lipinski definition) is 4. The number of nitrogens with zero attached hydrogens (tertiary/aromatic N) is 1. The minimum Gasteiger partial charge on any atom is -0.480 e.